The highest BCUT2D eigenvalue weighted by Gasteiger charge is 2.26. The molecule has 0 bridgehead atoms. The predicted octanol–water partition coefficient (Wildman–Crippen LogP) is 1.27. The summed E-state index contributed by atoms with van der Waals surface area (Å²) in [5.41, 5.74) is 0.688. The number of carbonyl (C=O) groups excluding carboxylic acids is 1. The molecule has 0 saturated carbocycles. The van der Waals surface area contributed by atoms with Gasteiger partial charge in [0.25, 0.3) is 0 Å². The summed E-state index contributed by atoms with van der Waals surface area (Å²) in [5.74, 6) is -0.164. The second-order valence-electron chi connectivity index (χ2n) is 5.94. The quantitative estimate of drug-likeness (QED) is 0.753. The Morgan fingerprint density at radius 3 is 2.38 bits per heavy atom. The predicted molar refractivity (Wildman–Crippen MR) is 95.4 cm³/mol. The Kier molecular flexibility index (Phi) is 6.62. The molecule has 0 aliphatic carbocycles. The Bertz CT molecular complexity index is 673. The summed E-state index contributed by atoms with van der Waals surface area (Å²) >= 11 is 6.11. The fraction of sp³-hybridized carbons (Fsp3) is 0.562. The molecule has 24 heavy (non-hydrogen) atoms. The molecule has 6 nitrogen and oxygen atoms in total. The number of likely N-dealkylation sites (N-methyl/N-ethyl adjacent to an activating group) is 1. The molecule has 0 unspecified atom stereocenters. The van der Waals surface area contributed by atoms with Gasteiger partial charge in [-0.25, -0.2) is 8.42 Å². The lowest BCUT2D eigenvalue weighted by atomic mass is 10.2. The molecule has 0 atom stereocenters. The van der Waals surface area contributed by atoms with Gasteiger partial charge in [-0.3, -0.25) is 4.79 Å². The summed E-state index contributed by atoms with van der Waals surface area (Å²) in [5, 5.41) is 0.496. The largest absolute Gasteiger partial charge is 0.339 e. The Hall–Kier alpha value is -1.15. The first-order valence-corrected chi connectivity index (χ1v) is 10.2. The van der Waals surface area contributed by atoms with E-state index in [2.05, 4.69) is 11.8 Å². The lowest BCUT2D eigenvalue weighted by molar-refractivity contribution is -0.133. The van der Waals surface area contributed by atoms with E-state index < -0.39 is 10.0 Å². The van der Waals surface area contributed by atoms with Crippen LogP contribution in [-0.2, 0) is 21.4 Å². The van der Waals surface area contributed by atoms with Crippen molar-refractivity contribution in [1.82, 2.24) is 14.1 Å². The van der Waals surface area contributed by atoms with Gasteiger partial charge in [0.2, 0.25) is 15.9 Å². The molecule has 2 rings (SSSR count). The molecule has 0 aromatic heterocycles. The van der Waals surface area contributed by atoms with Crippen molar-refractivity contribution in [1.29, 1.82) is 0 Å². The molecule has 1 fully saturated rings. The Balaban J connectivity index is 2.04. The number of amides is 1. The Morgan fingerprint density at radius 1 is 1.21 bits per heavy atom. The first-order chi connectivity index (χ1) is 11.3. The van der Waals surface area contributed by atoms with E-state index in [4.69, 9.17) is 11.6 Å². The van der Waals surface area contributed by atoms with Crippen molar-refractivity contribution in [2.24, 2.45) is 0 Å². The summed E-state index contributed by atoms with van der Waals surface area (Å²) in [7, 11) is -3.51. The average molecular weight is 374 g/mol. The van der Waals surface area contributed by atoms with E-state index >= 15 is 0 Å². The summed E-state index contributed by atoms with van der Waals surface area (Å²) in [6.45, 7) is 5.91. The lowest BCUT2D eigenvalue weighted by Gasteiger charge is -2.35. The van der Waals surface area contributed by atoms with Gasteiger partial charge < -0.3 is 9.80 Å². The lowest BCUT2D eigenvalue weighted by Crippen LogP contribution is -2.51. The molecular weight excluding hydrogens is 350 g/mol. The van der Waals surface area contributed by atoms with Crippen molar-refractivity contribution in [3.8, 4) is 0 Å². The van der Waals surface area contributed by atoms with Crippen molar-refractivity contribution in [3.63, 3.8) is 0 Å². The number of rotatable bonds is 6. The number of carbonyl (C=O) groups is 1. The number of piperazine rings is 1. The Morgan fingerprint density at radius 2 is 1.83 bits per heavy atom. The van der Waals surface area contributed by atoms with Gasteiger partial charge >= 0.3 is 0 Å². The molecule has 1 amide bonds. The molecule has 0 radical (unpaired) electrons. The van der Waals surface area contributed by atoms with Crippen LogP contribution in [0.2, 0.25) is 5.02 Å². The highest BCUT2D eigenvalue weighted by atomic mass is 35.5. The van der Waals surface area contributed by atoms with Gasteiger partial charge in [-0.15, -0.1) is 0 Å². The zero-order valence-corrected chi connectivity index (χ0v) is 15.7. The van der Waals surface area contributed by atoms with Crippen LogP contribution in [0.3, 0.4) is 0 Å². The molecule has 0 spiro atoms. The molecule has 1 saturated heterocycles. The van der Waals surface area contributed by atoms with Crippen LogP contribution in [-0.4, -0.2) is 74.0 Å². The van der Waals surface area contributed by atoms with Crippen LogP contribution in [0.1, 0.15) is 12.5 Å². The minimum atomic E-state index is -3.51. The number of nitrogens with zero attached hydrogens (tertiary/aromatic N) is 3. The number of hydrogen-bond acceptors (Lipinski definition) is 4. The van der Waals surface area contributed by atoms with Gasteiger partial charge in [-0.2, -0.15) is 4.31 Å². The van der Waals surface area contributed by atoms with Crippen LogP contribution in [0.5, 0.6) is 0 Å². The van der Waals surface area contributed by atoms with E-state index in [0.717, 1.165) is 25.9 Å². The summed E-state index contributed by atoms with van der Waals surface area (Å²) in [6, 6.07) is 7.07. The van der Waals surface area contributed by atoms with Gasteiger partial charge in [-0.1, -0.05) is 36.7 Å². The average Bonchev–Trinajstić information content (AvgIpc) is 2.55. The van der Waals surface area contributed by atoms with Crippen molar-refractivity contribution in [2.75, 3.05) is 45.5 Å². The van der Waals surface area contributed by atoms with Gasteiger partial charge in [0, 0.05) is 37.7 Å². The fourth-order valence-corrected chi connectivity index (χ4v) is 3.59. The molecule has 1 heterocycles. The maximum absolute atomic E-state index is 12.5. The van der Waals surface area contributed by atoms with E-state index in [1.807, 2.05) is 0 Å². The highest BCUT2D eigenvalue weighted by molar-refractivity contribution is 7.88. The van der Waals surface area contributed by atoms with Gasteiger partial charge in [0.05, 0.1) is 12.8 Å². The molecule has 1 aromatic carbocycles. The zero-order valence-electron chi connectivity index (χ0n) is 14.1. The van der Waals surface area contributed by atoms with Crippen molar-refractivity contribution >= 4 is 27.5 Å². The third-order valence-electron chi connectivity index (χ3n) is 4.26. The number of benzene rings is 1. The van der Waals surface area contributed by atoms with Crippen molar-refractivity contribution in [2.45, 2.75) is 13.5 Å². The molecule has 1 aromatic rings. The molecule has 8 heteroatoms. The number of hydrogen-bond donors (Lipinski definition) is 0. The third-order valence-corrected chi connectivity index (χ3v) is 5.82. The third kappa shape index (κ3) is 5.17. The van der Waals surface area contributed by atoms with Crippen LogP contribution in [0.25, 0.3) is 0 Å². The monoisotopic (exact) mass is 373 g/mol. The van der Waals surface area contributed by atoms with Crippen LogP contribution in [0.15, 0.2) is 24.3 Å². The maximum atomic E-state index is 12.5. The normalized spacial score (nSPS) is 16.6. The smallest absolute Gasteiger partial charge is 0.237 e. The van der Waals surface area contributed by atoms with Gasteiger partial charge in [-0.05, 0) is 18.2 Å². The van der Waals surface area contributed by atoms with E-state index in [-0.39, 0.29) is 19.0 Å². The van der Waals surface area contributed by atoms with Crippen LogP contribution in [0, 0.1) is 0 Å². The molecule has 0 N–H and O–H groups in total. The van der Waals surface area contributed by atoms with E-state index in [1.165, 1.54) is 4.31 Å². The van der Waals surface area contributed by atoms with E-state index in [1.54, 1.807) is 29.2 Å². The Labute approximate surface area is 149 Å². The molecular formula is C16H24ClN3O3S. The van der Waals surface area contributed by atoms with Crippen molar-refractivity contribution < 1.29 is 13.2 Å². The van der Waals surface area contributed by atoms with Crippen molar-refractivity contribution in [3.05, 3.63) is 34.9 Å². The molecule has 1 aliphatic heterocycles. The molecule has 134 valence electrons. The van der Waals surface area contributed by atoms with Gasteiger partial charge in [0.1, 0.15) is 0 Å². The topological polar surface area (TPSA) is 60.9 Å². The summed E-state index contributed by atoms with van der Waals surface area (Å²) < 4.78 is 25.3. The van der Waals surface area contributed by atoms with Crippen LogP contribution in [0.4, 0.5) is 0 Å². The standard InChI is InChI=1S/C16H24ClN3O3S/c1-3-18-8-10-19(11-9-18)16(21)13-20(24(2,22)23)12-14-6-4-5-7-15(14)17/h4-7H,3,8-13H2,1-2H3. The van der Waals surface area contributed by atoms with Gasteiger partial charge in [0.15, 0.2) is 0 Å². The van der Waals surface area contributed by atoms with E-state index in [9.17, 15) is 13.2 Å². The number of halogens is 1. The first kappa shape index (κ1) is 19.2. The fourth-order valence-electron chi connectivity index (χ4n) is 2.67. The first-order valence-electron chi connectivity index (χ1n) is 8.00. The SMILES string of the molecule is CCN1CCN(C(=O)CN(Cc2ccccc2Cl)S(C)(=O)=O)CC1. The van der Waals surface area contributed by atoms with E-state index in [0.29, 0.717) is 23.7 Å². The maximum Gasteiger partial charge on any atom is 0.237 e. The van der Waals surface area contributed by atoms with Crippen LogP contribution < -0.4 is 0 Å². The highest BCUT2D eigenvalue weighted by Crippen LogP contribution is 2.18. The number of sulfonamides is 1. The minimum Gasteiger partial charge on any atom is -0.339 e. The molecule has 1 aliphatic rings. The second kappa shape index (κ2) is 8.29. The summed E-state index contributed by atoms with van der Waals surface area (Å²) in [6.07, 6.45) is 1.12. The zero-order chi connectivity index (χ0) is 17.7. The summed E-state index contributed by atoms with van der Waals surface area (Å²) in [4.78, 5) is 16.5. The van der Waals surface area contributed by atoms with Crippen LogP contribution >= 0.6 is 11.6 Å². The second-order valence-corrected chi connectivity index (χ2v) is 8.33. The minimum absolute atomic E-state index is 0.0964.